The number of hydrogen-bond donors (Lipinski definition) is 1. The van der Waals surface area contributed by atoms with Gasteiger partial charge in [-0.25, -0.2) is 8.42 Å². The van der Waals surface area contributed by atoms with E-state index < -0.39 is 10.0 Å². The topological polar surface area (TPSA) is 66.8 Å². The number of sulfonamides is 1. The first-order valence-corrected chi connectivity index (χ1v) is 7.71. The van der Waals surface area contributed by atoms with Crippen LogP contribution in [0.5, 0.6) is 0 Å². The van der Waals surface area contributed by atoms with Crippen LogP contribution in [0.2, 0.25) is 0 Å². The van der Waals surface area contributed by atoms with Crippen molar-refractivity contribution in [3.05, 3.63) is 29.3 Å². The van der Waals surface area contributed by atoms with Gasteiger partial charge in [0.1, 0.15) is 0 Å². The zero-order chi connectivity index (χ0) is 14.0. The predicted molar refractivity (Wildman–Crippen MR) is 71.3 cm³/mol. The van der Waals surface area contributed by atoms with Crippen LogP contribution in [0.4, 0.5) is 0 Å². The number of hydrogen-bond acceptors (Lipinski definition) is 4. The fourth-order valence-electron chi connectivity index (χ4n) is 2.18. The lowest BCUT2D eigenvalue weighted by Crippen LogP contribution is -2.46. The second-order valence-corrected chi connectivity index (χ2v) is 6.68. The third kappa shape index (κ3) is 2.81. The zero-order valence-electron chi connectivity index (χ0n) is 11.2. The summed E-state index contributed by atoms with van der Waals surface area (Å²) >= 11 is 0. The molecule has 1 aliphatic heterocycles. The first kappa shape index (κ1) is 14.5. The van der Waals surface area contributed by atoms with E-state index in [4.69, 9.17) is 4.74 Å². The van der Waals surface area contributed by atoms with Crippen molar-refractivity contribution < 1.29 is 18.3 Å². The van der Waals surface area contributed by atoms with Crippen molar-refractivity contribution in [1.82, 2.24) is 4.31 Å². The van der Waals surface area contributed by atoms with Crippen LogP contribution < -0.4 is 0 Å². The summed E-state index contributed by atoms with van der Waals surface area (Å²) in [7, 11) is -3.52. The highest BCUT2D eigenvalue weighted by Crippen LogP contribution is 2.22. The SMILES string of the molecule is Cc1ccc(S(=O)(=O)N2CCOCC2C)cc1CO. The molecule has 19 heavy (non-hydrogen) atoms. The molecule has 6 heteroatoms. The van der Waals surface area contributed by atoms with Crippen LogP contribution in [0.25, 0.3) is 0 Å². The van der Waals surface area contributed by atoms with E-state index in [1.165, 1.54) is 4.31 Å². The van der Waals surface area contributed by atoms with E-state index in [-0.39, 0.29) is 17.5 Å². The number of nitrogens with zero attached hydrogens (tertiary/aromatic N) is 1. The van der Waals surface area contributed by atoms with Crippen molar-refractivity contribution in [2.45, 2.75) is 31.4 Å². The smallest absolute Gasteiger partial charge is 0.243 e. The third-order valence-corrected chi connectivity index (χ3v) is 5.41. The Kier molecular flexibility index (Phi) is 4.25. The van der Waals surface area contributed by atoms with Gasteiger partial charge in [-0.1, -0.05) is 6.07 Å². The standard InChI is InChI=1S/C13H19NO4S/c1-10-3-4-13(7-12(10)8-15)19(16,17)14-5-6-18-9-11(14)2/h3-4,7,11,15H,5-6,8-9H2,1-2H3. The van der Waals surface area contributed by atoms with Crippen LogP contribution >= 0.6 is 0 Å². The van der Waals surface area contributed by atoms with Crippen molar-refractivity contribution in [1.29, 1.82) is 0 Å². The second kappa shape index (κ2) is 5.58. The molecule has 1 atom stereocenters. The van der Waals surface area contributed by atoms with Gasteiger partial charge in [-0.3, -0.25) is 0 Å². The molecule has 0 aromatic heterocycles. The van der Waals surface area contributed by atoms with Gasteiger partial charge in [-0.15, -0.1) is 0 Å². The third-order valence-electron chi connectivity index (χ3n) is 3.40. The summed E-state index contributed by atoms with van der Waals surface area (Å²) in [6, 6.07) is 4.69. The fourth-order valence-corrected chi connectivity index (χ4v) is 3.83. The summed E-state index contributed by atoms with van der Waals surface area (Å²) in [6.07, 6.45) is 0. The Morgan fingerprint density at radius 2 is 2.21 bits per heavy atom. The van der Waals surface area contributed by atoms with Gasteiger partial charge in [0, 0.05) is 12.6 Å². The molecule has 1 aromatic rings. The van der Waals surface area contributed by atoms with Gasteiger partial charge in [-0.2, -0.15) is 4.31 Å². The number of morpholine rings is 1. The summed E-state index contributed by atoms with van der Waals surface area (Å²) in [5.74, 6) is 0. The first-order chi connectivity index (χ1) is 8.96. The van der Waals surface area contributed by atoms with Gasteiger partial charge < -0.3 is 9.84 Å². The van der Waals surface area contributed by atoms with Gasteiger partial charge in [0.25, 0.3) is 0 Å². The quantitative estimate of drug-likeness (QED) is 0.896. The van der Waals surface area contributed by atoms with Gasteiger partial charge in [0.2, 0.25) is 10.0 Å². The van der Waals surface area contributed by atoms with Crippen LogP contribution in [0.15, 0.2) is 23.1 Å². The minimum Gasteiger partial charge on any atom is -0.392 e. The normalized spacial score (nSPS) is 21.5. The van der Waals surface area contributed by atoms with E-state index in [9.17, 15) is 13.5 Å². The molecule has 1 aromatic carbocycles. The molecule has 0 amide bonds. The summed E-state index contributed by atoms with van der Waals surface area (Å²) in [6.45, 7) is 4.72. The summed E-state index contributed by atoms with van der Waals surface area (Å²) in [5.41, 5.74) is 1.53. The average molecular weight is 285 g/mol. The van der Waals surface area contributed by atoms with E-state index in [0.29, 0.717) is 25.3 Å². The van der Waals surface area contributed by atoms with E-state index in [1.54, 1.807) is 18.2 Å². The molecule has 1 heterocycles. The maximum Gasteiger partial charge on any atom is 0.243 e. The molecule has 0 bridgehead atoms. The second-order valence-electron chi connectivity index (χ2n) is 4.79. The van der Waals surface area contributed by atoms with E-state index in [0.717, 1.165) is 5.56 Å². The summed E-state index contributed by atoms with van der Waals surface area (Å²) in [4.78, 5) is 0.232. The Hall–Kier alpha value is -0.950. The highest BCUT2D eigenvalue weighted by atomic mass is 32.2. The number of benzene rings is 1. The van der Waals surface area contributed by atoms with Gasteiger partial charge in [0.05, 0.1) is 24.7 Å². The molecule has 0 saturated carbocycles. The highest BCUT2D eigenvalue weighted by molar-refractivity contribution is 7.89. The van der Waals surface area contributed by atoms with Crippen LogP contribution in [0.3, 0.4) is 0 Å². The molecule has 0 aliphatic carbocycles. The number of ether oxygens (including phenoxy) is 1. The van der Waals surface area contributed by atoms with E-state index in [2.05, 4.69) is 0 Å². The molecule has 1 saturated heterocycles. The number of aliphatic hydroxyl groups is 1. The molecule has 0 spiro atoms. The molecular formula is C13H19NO4S. The monoisotopic (exact) mass is 285 g/mol. The molecule has 1 unspecified atom stereocenters. The van der Waals surface area contributed by atoms with Crippen LogP contribution in [0.1, 0.15) is 18.1 Å². The predicted octanol–water partition coefficient (Wildman–Crippen LogP) is 0.897. The van der Waals surface area contributed by atoms with Crippen LogP contribution in [-0.2, 0) is 21.4 Å². The summed E-state index contributed by atoms with van der Waals surface area (Å²) < 4.78 is 31.9. The van der Waals surface area contributed by atoms with E-state index in [1.807, 2.05) is 13.8 Å². The Labute approximate surface area is 113 Å². The molecule has 2 rings (SSSR count). The van der Waals surface area contributed by atoms with E-state index >= 15 is 0 Å². The molecule has 1 fully saturated rings. The largest absolute Gasteiger partial charge is 0.392 e. The maximum absolute atomic E-state index is 12.6. The lowest BCUT2D eigenvalue weighted by Gasteiger charge is -2.32. The van der Waals surface area contributed by atoms with Crippen molar-refractivity contribution in [2.24, 2.45) is 0 Å². The highest BCUT2D eigenvalue weighted by Gasteiger charge is 2.31. The van der Waals surface area contributed by atoms with Crippen LogP contribution in [-0.4, -0.2) is 43.6 Å². The Bertz CT molecular complexity index is 556. The first-order valence-electron chi connectivity index (χ1n) is 6.27. The molecule has 1 aliphatic rings. The van der Waals surface area contributed by atoms with Crippen molar-refractivity contribution in [3.63, 3.8) is 0 Å². The fraction of sp³-hybridized carbons (Fsp3) is 0.538. The number of aliphatic hydroxyl groups excluding tert-OH is 1. The van der Waals surface area contributed by atoms with Gasteiger partial charge in [0.15, 0.2) is 0 Å². The molecule has 0 radical (unpaired) electrons. The Balaban J connectivity index is 2.38. The molecule has 5 nitrogen and oxygen atoms in total. The van der Waals surface area contributed by atoms with Crippen LogP contribution in [0, 0.1) is 6.92 Å². The lowest BCUT2D eigenvalue weighted by molar-refractivity contribution is 0.0392. The molecule has 106 valence electrons. The van der Waals surface area contributed by atoms with Crippen molar-refractivity contribution in [3.8, 4) is 0 Å². The lowest BCUT2D eigenvalue weighted by atomic mass is 10.1. The molecular weight excluding hydrogens is 266 g/mol. The number of rotatable bonds is 3. The van der Waals surface area contributed by atoms with Gasteiger partial charge in [-0.05, 0) is 37.1 Å². The number of aryl methyl sites for hydroxylation is 1. The average Bonchev–Trinajstić information content (AvgIpc) is 2.39. The maximum atomic E-state index is 12.6. The zero-order valence-corrected chi connectivity index (χ0v) is 12.0. The van der Waals surface area contributed by atoms with Crippen molar-refractivity contribution in [2.75, 3.05) is 19.8 Å². The Morgan fingerprint density at radius 1 is 1.47 bits per heavy atom. The summed E-state index contributed by atoms with van der Waals surface area (Å²) in [5, 5.41) is 9.24. The Morgan fingerprint density at radius 3 is 2.84 bits per heavy atom. The van der Waals surface area contributed by atoms with Crippen molar-refractivity contribution >= 4 is 10.0 Å². The van der Waals surface area contributed by atoms with Gasteiger partial charge >= 0.3 is 0 Å². The minimum absolute atomic E-state index is 0.159. The molecule has 1 N–H and O–H groups in total. The minimum atomic E-state index is -3.52.